The van der Waals surface area contributed by atoms with Gasteiger partial charge >= 0.3 is 0 Å². The van der Waals surface area contributed by atoms with Crippen molar-refractivity contribution in [1.82, 2.24) is 10.2 Å². The van der Waals surface area contributed by atoms with Crippen LogP contribution in [0.3, 0.4) is 0 Å². The van der Waals surface area contributed by atoms with Gasteiger partial charge < -0.3 is 10.2 Å². The van der Waals surface area contributed by atoms with Gasteiger partial charge in [-0.05, 0) is 49.9 Å². The van der Waals surface area contributed by atoms with E-state index in [0.717, 1.165) is 42.6 Å². The van der Waals surface area contributed by atoms with Gasteiger partial charge in [-0.15, -0.1) is 0 Å². The average molecular weight is 322 g/mol. The molecular formula is C21H26N2O. The van der Waals surface area contributed by atoms with E-state index >= 15 is 0 Å². The highest BCUT2D eigenvalue weighted by Crippen LogP contribution is 2.20. The lowest BCUT2D eigenvalue weighted by Crippen LogP contribution is -2.46. The molecule has 1 aliphatic heterocycles. The average Bonchev–Trinajstić information content (AvgIpc) is 2.63. The molecule has 0 aromatic heterocycles. The van der Waals surface area contributed by atoms with Crippen LogP contribution >= 0.6 is 0 Å². The summed E-state index contributed by atoms with van der Waals surface area (Å²) in [6.07, 6.45) is 2.06. The molecule has 1 heterocycles. The molecule has 1 saturated heterocycles. The summed E-state index contributed by atoms with van der Waals surface area (Å²) in [6.45, 7) is 6.58. The van der Waals surface area contributed by atoms with E-state index < -0.39 is 0 Å². The molecule has 1 amide bonds. The SMILES string of the molecule is CC(C)N1CCC(NC(=O)c2cccc(-c3ccccc3)c2)CC1. The zero-order valence-corrected chi connectivity index (χ0v) is 14.5. The maximum atomic E-state index is 12.6. The monoisotopic (exact) mass is 322 g/mol. The maximum absolute atomic E-state index is 12.6. The summed E-state index contributed by atoms with van der Waals surface area (Å²) in [5.74, 6) is 0.0378. The van der Waals surface area contributed by atoms with Crippen LogP contribution in [0.25, 0.3) is 11.1 Å². The van der Waals surface area contributed by atoms with E-state index in [1.54, 1.807) is 0 Å². The van der Waals surface area contributed by atoms with Gasteiger partial charge in [-0.2, -0.15) is 0 Å². The third-order valence-corrected chi connectivity index (χ3v) is 4.83. The fourth-order valence-corrected chi connectivity index (χ4v) is 3.30. The molecule has 0 unspecified atom stereocenters. The van der Waals surface area contributed by atoms with Crippen molar-refractivity contribution in [3.8, 4) is 11.1 Å². The van der Waals surface area contributed by atoms with Gasteiger partial charge in [-0.1, -0.05) is 42.5 Å². The van der Waals surface area contributed by atoms with E-state index in [9.17, 15) is 4.79 Å². The Labute approximate surface area is 144 Å². The third kappa shape index (κ3) is 4.04. The van der Waals surface area contributed by atoms with Crippen LogP contribution < -0.4 is 5.32 Å². The zero-order chi connectivity index (χ0) is 16.9. The second kappa shape index (κ2) is 7.63. The highest BCUT2D eigenvalue weighted by molar-refractivity contribution is 5.95. The molecule has 0 aliphatic carbocycles. The highest BCUT2D eigenvalue weighted by Gasteiger charge is 2.22. The molecule has 3 nitrogen and oxygen atoms in total. The van der Waals surface area contributed by atoms with Crippen molar-refractivity contribution in [2.45, 2.75) is 38.8 Å². The quantitative estimate of drug-likeness (QED) is 0.924. The molecule has 1 aliphatic rings. The lowest BCUT2D eigenvalue weighted by molar-refractivity contribution is 0.0900. The normalized spacial score (nSPS) is 16.3. The fraction of sp³-hybridized carbons (Fsp3) is 0.381. The lowest BCUT2D eigenvalue weighted by Gasteiger charge is -2.34. The van der Waals surface area contributed by atoms with Gasteiger partial charge in [0.25, 0.3) is 5.91 Å². The van der Waals surface area contributed by atoms with Crippen molar-refractivity contribution in [3.63, 3.8) is 0 Å². The third-order valence-electron chi connectivity index (χ3n) is 4.83. The van der Waals surface area contributed by atoms with E-state index in [-0.39, 0.29) is 11.9 Å². The van der Waals surface area contributed by atoms with Crippen LogP contribution in [0.1, 0.15) is 37.0 Å². The minimum atomic E-state index is 0.0378. The number of nitrogens with zero attached hydrogens (tertiary/aromatic N) is 1. The van der Waals surface area contributed by atoms with Crippen LogP contribution in [0.4, 0.5) is 0 Å². The van der Waals surface area contributed by atoms with Crippen LogP contribution in [-0.2, 0) is 0 Å². The molecule has 2 aromatic carbocycles. The van der Waals surface area contributed by atoms with Gasteiger partial charge in [0, 0.05) is 30.7 Å². The predicted octanol–water partition coefficient (Wildman–Crippen LogP) is 3.96. The molecule has 0 atom stereocenters. The van der Waals surface area contributed by atoms with Crippen molar-refractivity contribution in [2.75, 3.05) is 13.1 Å². The molecule has 2 aromatic rings. The summed E-state index contributed by atoms with van der Waals surface area (Å²) in [7, 11) is 0. The first-order valence-corrected chi connectivity index (χ1v) is 8.84. The summed E-state index contributed by atoms with van der Waals surface area (Å²) in [5.41, 5.74) is 2.96. The predicted molar refractivity (Wildman–Crippen MR) is 99.1 cm³/mol. The molecule has 24 heavy (non-hydrogen) atoms. The van der Waals surface area contributed by atoms with Crippen molar-refractivity contribution in [3.05, 3.63) is 60.2 Å². The van der Waals surface area contributed by atoms with E-state index in [0.29, 0.717) is 6.04 Å². The van der Waals surface area contributed by atoms with Gasteiger partial charge in [0.15, 0.2) is 0 Å². The van der Waals surface area contributed by atoms with Crippen molar-refractivity contribution < 1.29 is 4.79 Å². The Morgan fingerprint density at radius 2 is 1.67 bits per heavy atom. The molecule has 0 bridgehead atoms. The Bertz CT molecular complexity index is 673. The van der Waals surface area contributed by atoms with Gasteiger partial charge in [-0.3, -0.25) is 4.79 Å². The number of nitrogens with one attached hydrogen (secondary N) is 1. The van der Waals surface area contributed by atoms with Crippen LogP contribution in [-0.4, -0.2) is 36.0 Å². The number of carbonyl (C=O) groups excluding carboxylic acids is 1. The smallest absolute Gasteiger partial charge is 0.251 e. The molecular weight excluding hydrogens is 296 g/mol. The minimum Gasteiger partial charge on any atom is -0.349 e. The van der Waals surface area contributed by atoms with Gasteiger partial charge in [0.2, 0.25) is 0 Å². The first kappa shape index (κ1) is 16.7. The molecule has 1 N–H and O–H groups in total. The summed E-state index contributed by atoms with van der Waals surface area (Å²) in [5, 5.41) is 3.21. The maximum Gasteiger partial charge on any atom is 0.251 e. The molecule has 126 valence electrons. The van der Waals surface area contributed by atoms with Gasteiger partial charge in [0.1, 0.15) is 0 Å². The molecule has 1 fully saturated rings. The Morgan fingerprint density at radius 1 is 1.00 bits per heavy atom. The lowest BCUT2D eigenvalue weighted by atomic mass is 10.0. The van der Waals surface area contributed by atoms with Gasteiger partial charge in [0.05, 0.1) is 0 Å². The van der Waals surface area contributed by atoms with Crippen LogP contribution in [0.5, 0.6) is 0 Å². The topological polar surface area (TPSA) is 32.3 Å². The van der Waals surface area contributed by atoms with E-state index in [1.165, 1.54) is 0 Å². The number of amides is 1. The summed E-state index contributed by atoms with van der Waals surface area (Å²) in [6, 6.07) is 18.9. The molecule has 0 spiro atoms. The molecule has 3 heteroatoms. The molecule has 3 rings (SSSR count). The largest absolute Gasteiger partial charge is 0.349 e. The summed E-state index contributed by atoms with van der Waals surface area (Å²) in [4.78, 5) is 15.1. The standard InChI is InChI=1S/C21H26N2O/c1-16(2)23-13-11-20(12-14-23)22-21(24)19-10-6-9-18(15-19)17-7-4-3-5-8-17/h3-10,15-16,20H,11-14H2,1-2H3,(H,22,24). The van der Waals surface area contributed by atoms with E-state index in [2.05, 4.69) is 36.2 Å². The van der Waals surface area contributed by atoms with Crippen LogP contribution in [0.15, 0.2) is 54.6 Å². The Kier molecular flexibility index (Phi) is 5.31. The molecule has 0 saturated carbocycles. The van der Waals surface area contributed by atoms with Crippen molar-refractivity contribution in [1.29, 1.82) is 0 Å². The highest BCUT2D eigenvalue weighted by atomic mass is 16.1. The number of piperidine rings is 1. The number of hydrogen-bond donors (Lipinski definition) is 1. The Morgan fingerprint density at radius 3 is 2.33 bits per heavy atom. The summed E-state index contributed by atoms with van der Waals surface area (Å²) < 4.78 is 0. The minimum absolute atomic E-state index is 0.0378. The van der Waals surface area contributed by atoms with E-state index in [4.69, 9.17) is 0 Å². The van der Waals surface area contributed by atoms with Crippen molar-refractivity contribution in [2.24, 2.45) is 0 Å². The second-order valence-electron chi connectivity index (χ2n) is 6.82. The number of benzene rings is 2. The van der Waals surface area contributed by atoms with Crippen LogP contribution in [0, 0.1) is 0 Å². The van der Waals surface area contributed by atoms with Gasteiger partial charge in [-0.25, -0.2) is 0 Å². The number of carbonyl (C=O) groups is 1. The fourth-order valence-electron chi connectivity index (χ4n) is 3.30. The van der Waals surface area contributed by atoms with E-state index in [1.807, 2.05) is 42.5 Å². The first-order chi connectivity index (χ1) is 11.6. The number of likely N-dealkylation sites (tertiary alicyclic amines) is 1. The van der Waals surface area contributed by atoms with Crippen LogP contribution in [0.2, 0.25) is 0 Å². The zero-order valence-electron chi connectivity index (χ0n) is 14.5. The Hall–Kier alpha value is -2.13. The number of hydrogen-bond acceptors (Lipinski definition) is 2. The second-order valence-corrected chi connectivity index (χ2v) is 6.82. The summed E-state index contributed by atoms with van der Waals surface area (Å²) >= 11 is 0. The Balaban J connectivity index is 1.64. The number of rotatable bonds is 4. The first-order valence-electron chi connectivity index (χ1n) is 8.84. The molecule has 0 radical (unpaired) electrons. The van der Waals surface area contributed by atoms with Crippen molar-refractivity contribution >= 4 is 5.91 Å².